The van der Waals surface area contributed by atoms with Gasteiger partial charge >= 0.3 is 0 Å². The van der Waals surface area contributed by atoms with Gasteiger partial charge < -0.3 is 15.5 Å². The molecule has 2 heterocycles. The Morgan fingerprint density at radius 1 is 1.67 bits per heavy atom. The molecule has 0 spiro atoms. The first-order valence-electron chi connectivity index (χ1n) is 5.12. The third-order valence-electron chi connectivity index (χ3n) is 2.67. The van der Waals surface area contributed by atoms with E-state index in [0.29, 0.717) is 37.6 Å². The molecule has 82 valence electrons. The molecule has 1 unspecified atom stereocenters. The topological polar surface area (TPSA) is 81.0 Å². The predicted molar refractivity (Wildman–Crippen MR) is 55.7 cm³/mol. The van der Waals surface area contributed by atoms with Crippen LogP contribution in [0.3, 0.4) is 0 Å². The van der Waals surface area contributed by atoms with Crippen LogP contribution in [0.15, 0.2) is 4.79 Å². The van der Waals surface area contributed by atoms with Gasteiger partial charge in [-0.1, -0.05) is 6.92 Å². The van der Waals surface area contributed by atoms with Crippen LogP contribution in [0.5, 0.6) is 0 Å². The molecule has 3 N–H and O–H groups in total. The molecule has 0 radical (unpaired) electrons. The maximum atomic E-state index is 11.7. The van der Waals surface area contributed by atoms with Crippen LogP contribution in [0.1, 0.15) is 29.9 Å². The maximum Gasteiger partial charge on any atom is 0.256 e. The lowest BCUT2D eigenvalue weighted by Crippen LogP contribution is -2.27. The Hall–Kier alpha value is -1.20. The van der Waals surface area contributed by atoms with Gasteiger partial charge in [-0.2, -0.15) is 0 Å². The highest BCUT2D eigenvalue weighted by Crippen LogP contribution is 2.13. The highest BCUT2D eigenvalue weighted by Gasteiger charge is 2.17. The van der Waals surface area contributed by atoms with Crippen molar-refractivity contribution >= 4 is 0 Å². The third-order valence-corrected chi connectivity index (χ3v) is 2.67. The Balaban J connectivity index is 2.45. The van der Waals surface area contributed by atoms with Gasteiger partial charge in [-0.25, -0.2) is 4.98 Å². The van der Waals surface area contributed by atoms with Gasteiger partial charge in [0.2, 0.25) is 0 Å². The summed E-state index contributed by atoms with van der Waals surface area (Å²) in [5.74, 6) is 0.772. The standard InChI is InChI=1S/C10H15N3O2/c1-6(4-11)9-12-8-2-3-15-5-7(8)10(14)13-9/h6H,2-5,11H2,1H3,(H,12,13,14). The van der Waals surface area contributed by atoms with Crippen molar-refractivity contribution < 1.29 is 4.74 Å². The number of H-pyrrole nitrogens is 1. The molecule has 2 rings (SSSR count). The van der Waals surface area contributed by atoms with Crippen molar-refractivity contribution in [2.45, 2.75) is 25.9 Å². The van der Waals surface area contributed by atoms with Crippen LogP contribution >= 0.6 is 0 Å². The van der Waals surface area contributed by atoms with Crippen LogP contribution in [0.25, 0.3) is 0 Å². The minimum Gasteiger partial charge on any atom is -0.376 e. The van der Waals surface area contributed by atoms with Crippen molar-refractivity contribution in [3.63, 3.8) is 0 Å². The first-order valence-corrected chi connectivity index (χ1v) is 5.12. The Labute approximate surface area is 87.7 Å². The zero-order valence-corrected chi connectivity index (χ0v) is 8.75. The molecule has 0 amide bonds. The molecule has 0 saturated carbocycles. The summed E-state index contributed by atoms with van der Waals surface area (Å²) >= 11 is 0. The summed E-state index contributed by atoms with van der Waals surface area (Å²) in [6, 6.07) is 0. The molecule has 1 aliphatic heterocycles. The van der Waals surface area contributed by atoms with E-state index in [1.807, 2.05) is 6.92 Å². The summed E-state index contributed by atoms with van der Waals surface area (Å²) in [4.78, 5) is 18.9. The molecule has 1 aromatic rings. The number of nitrogens with one attached hydrogen (secondary N) is 1. The molecule has 0 aliphatic carbocycles. The number of fused-ring (bicyclic) bond motifs is 1. The average molecular weight is 209 g/mol. The molecular formula is C10H15N3O2. The van der Waals surface area contributed by atoms with Crippen LogP contribution in [0.4, 0.5) is 0 Å². The van der Waals surface area contributed by atoms with Crippen LogP contribution < -0.4 is 11.3 Å². The Morgan fingerprint density at radius 3 is 3.20 bits per heavy atom. The summed E-state index contributed by atoms with van der Waals surface area (Å²) in [5.41, 5.74) is 6.98. The Kier molecular flexibility index (Phi) is 2.83. The summed E-state index contributed by atoms with van der Waals surface area (Å²) < 4.78 is 5.22. The van der Waals surface area contributed by atoms with Crippen molar-refractivity contribution in [3.05, 3.63) is 27.4 Å². The first-order chi connectivity index (χ1) is 7.22. The number of rotatable bonds is 2. The van der Waals surface area contributed by atoms with Crippen molar-refractivity contribution in [1.29, 1.82) is 0 Å². The summed E-state index contributed by atoms with van der Waals surface area (Å²) in [6.07, 6.45) is 0.712. The zero-order valence-electron chi connectivity index (χ0n) is 8.75. The van der Waals surface area contributed by atoms with Crippen LogP contribution in [-0.4, -0.2) is 23.1 Å². The van der Waals surface area contributed by atoms with Crippen LogP contribution in [0, 0.1) is 0 Å². The molecule has 5 heteroatoms. The minimum atomic E-state index is -0.0880. The van der Waals surface area contributed by atoms with Crippen LogP contribution in [0.2, 0.25) is 0 Å². The van der Waals surface area contributed by atoms with Gasteiger partial charge in [0, 0.05) is 18.9 Å². The number of hydrogen-bond acceptors (Lipinski definition) is 4. The van der Waals surface area contributed by atoms with E-state index in [0.717, 1.165) is 5.69 Å². The molecule has 5 nitrogen and oxygen atoms in total. The third kappa shape index (κ3) is 1.93. The van der Waals surface area contributed by atoms with Gasteiger partial charge in [0.15, 0.2) is 0 Å². The van der Waals surface area contributed by atoms with E-state index >= 15 is 0 Å². The molecule has 1 atom stereocenters. The second-order valence-corrected chi connectivity index (χ2v) is 3.82. The second-order valence-electron chi connectivity index (χ2n) is 3.82. The van der Waals surface area contributed by atoms with Crippen molar-refractivity contribution in [1.82, 2.24) is 9.97 Å². The number of nitrogens with zero attached hydrogens (tertiary/aromatic N) is 1. The van der Waals surface area contributed by atoms with E-state index in [1.54, 1.807) is 0 Å². The fourth-order valence-corrected chi connectivity index (χ4v) is 1.61. The first kappa shape index (κ1) is 10.3. The highest BCUT2D eigenvalue weighted by atomic mass is 16.5. The molecule has 15 heavy (non-hydrogen) atoms. The van der Waals surface area contributed by atoms with Gasteiger partial charge in [-0.3, -0.25) is 4.79 Å². The van der Waals surface area contributed by atoms with Crippen molar-refractivity contribution in [2.24, 2.45) is 5.73 Å². The van der Waals surface area contributed by atoms with Gasteiger partial charge in [0.05, 0.1) is 24.5 Å². The zero-order chi connectivity index (χ0) is 10.8. The fourth-order valence-electron chi connectivity index (χ4n) is 1.61. The summed E-state index contributed by atoms with van der Waals surface area (Å²) in [5, 5.41) is 0. The van der Waals surface area contributed by atoms with E-state index in [-0.39, 0.29) is 11.5 Å². The van der Waals surface area contributed by atoms with Crippen molar-refractivity contribution in [3.8, 4) is 0 Å². The lowest BCUT2D eigenvalue weighted by molar-refractivity contribution is 0.107. The van der Waals surface area contributed by atoms with E-state index < -0.39 is 0 Å². The van der Waals surface area contributed by atoms with Crippen molar-refractivity contribution in [2.75, 3.05) is 13.2 Å². The Bertz CT molecular complexity index is 414. The normalized spacial score (nSPS) is 17.2. The van der Waals surface area contributed by atoms with E-state index in [4.69, 9.17) is 10.5 Å². The van der Waals surface area contributed by atoms with Gasteiger partial charge in [0.25, 0.3) is 5.56 Å². The molecule has 0 bridgehead atoms. The fraction of sp³-hybridized carbons (Fsp3) is 0.600. The molecule has 0 aromatic carbocycles. The van der Waals surface area contributed by atoms with E-state index in [2.05, 4.69) is 9.97 Å². The van der Waals surface area contributed by atoms with Crippen LogP contribution in [-0.2, 0) is 17.8 Å². The number of aromatic nitrogens is 2. The lowest BCUT2D eigenvalue weighted by atomic mass is 10.1. The van der Waals surface area contributed by atoms with Gasteiger partial charge in [-0.15, -0.1) is 0 Å². The quantitative estimate of drug-likeness (QED) is 0.713. The van der Waals surface area contributed by atoms with Gasteiger partial charge in [-0.05, 0) is 0 Å². The predicted octanol–water partition coefficient (Wildman–Crippen LogP) is -0.0952. The van der Waals surface area contributed by atoms with Gasteiger partial charge in [0.1, 0.15) is 5.82 Å². The number of nitrogens with two attached hydrogens (primary N) is 1. The Morgan fingerprint density at radius 2 is 2.47 bits per heavy atom. The van der Waals surface area contributed by atoms with E-state index in [1.165, 1.54) is 0 Å². The molecule has 0 saturated heterocycles. The molecule has 0 fully saturated rings. The summed E-state index contributed by atoms with van der Waals surface area (Å²) in [6.45, 7) is 3.44. The smallest absolute Gasteiger partial charge is 0.256 e. The molecular weight excluding hydrogens is 194 g/mol. The largest absolute Gasteiger partial charge is 0.376 e. The summed E-state index contributed by atoms with van der Waals surface area (Å²) in [7, 11) is 0. The molecule has 1 aliphatic rings. The lowest BCUT2D eigenvalue weighted by Gasteiger charge is -2.16. The number of hydrogen-bond donors (Lipinski definition) is 2. The molecule has 1 aromatic heterocycles. The number of ether oxygens (including phenoxy) is 1. The number of aromatic amines is 1. The highest BCUT2D eigenvalue weighted by molar-refractivity contribution is 5.20. The monoisotopic (exact) mass is 209 g/mol. The minimum absolute atomic E-state index is 0.0880. The van der Waals surface area contributed by atoms with E-state index in [9.17, 15) is 4.79 Å². The average Bonchev–Trinajstić information content (AvgIpc) is 2.28. The second kappa shape index (κ2) is 4.12. The maximum absolute atomic E-state index is 11.7. The SMILES string of the molecule is CC(CN)c1nc2c(c(=O)[nH]1)COCC2.